The highest BCUT2D eigenvalue weighted by atomic mass is 16.5. The summed E-state index contributed by atoms with van der Waals surface area (Å²) in [5.74, 6) is 1.80. The molecule has 0 fully saturated rings. The summed E-state index contributed by atoms with van der Waals surface area (Å²) in [6, 6.07) is 67.0. The number of hydrogen-bond acceptors (Lipinski definition) is 2. The number of anilines is 3. The minimum absolute atomic E-state index is 0.135. The van der Waals surface area contributed by atoms with E-state index in [0.717, 1.165) is 28.6 Å². The zero-order valence-electron chi connectivity index (χ0n) is 31.2. The maximum Gasteiger partial charge on any atom is 0.132 e. The number of para-hydroxylation sites is 3. The van der Waals surface area contributed by atoms with E-state index in [2.05, 4.69) is 208 Å². The van der Waals surface area contributed by atoms with Crippen molar-refractivity contribution in [3.8, 4) is 44.9 Å². The molecule has 2 heteroatoms. The van der Waals surface area contributed by atoms with Crippen LogP contribution < -0.4 is 9.64 Å². The molecule has 55 heavy (non-hydrogen) atoms. The second-order valence-corrected chi connectivity index (χ2v) is 15.7. The molecule has 1 aliphatic heterocycles. The van der Waals surface area contributed by atoms with Crippen molar-refractivity contribution in [1.29, 1.82) is 0 Å². The smallest absolute Gasteiger partial charge is 0.132 e. The molecule has 1 spiro atoms. The number of rotatable bonds is 4. The first kappa shape index (κ1) is 31.8. The Balaban J connectivity index is 1.21. The van der Waals surface area contributed by atoms with Crippen LogP contribution in [0.5, 0.6) is 11.5 Å². The first-order valence-electron chi connectivity index (χ1n) is 19.3. The molecule has 0 radical (unpaired) electrons. The number of nitrogens with zero attached hydrogens (tertiary/aromatic N) is 1. The van der Waals surface area contributed by atoms with Gasteiger partial charge in [0, 0.05) is 33.5 Å². The summed E-state index contributed by atoms with van der Waals surface area (Å²) >= 11 is 0. The number of benzene rings is 8. The molecule has 0 aromatic heterocycles. The highest BCUT2D eigenvalue weighted by molar-refractivity contribution is 5.94. The summed E-state index contributed by atoms with van der Waals surface area (Å²) in [6.45, 7) is 6.93. The molecular formula is C53H39NO. The molecule has 0 N–H and O–H groups in total. The largest absolute Gasteiger partial charge is 0.457 e. The number of hydrogen-bond donors (Lipinski definition) is 0. The van der Waals surface area contributed by atoms with Crippen LogP contribution in [0.15, 0.2) is 182 Å². The fraction of sp³-hybridized carbons (Fsp3) is 0.0943. The van der Waals surface area contributed by atoms with Gasteiger partial charge >= 0.3 is 0 Å². The number of aryl methyl sites for hydroxylation is 1. The van der Waals surface area contributed by atoms with Gasteiger partial charge in [-0.25, -0.2) is 0 Å². The Hall–Kier alpha value is -6.64. The van der Waals surface area contributed by atoms with Crippen molar-refractivity contribution in [3.05, 3.63) is 221 Å². The van der Waals surface area contributed by atoms with Crippen LogP contribution in [0.1, 0.15) is 52.8 Å². The van der Waals surface area contributed by atoms with Gasteiger partial charge in [0.15, 0.2) is 0 Å². The predicted molar refractivity (Wildman–Crippen MR) is 226 cm³/mol. The second-order valence-electron chi connectivity index (χ2n) is 15.7. The lowest BCUT2D eigenvalue weighted by atomic mass is 9.66. The lowest BCUT2D eigenvalue weighted by Gasteiger charge is -2.40. The lowest BCUT2D eigenvalue weighted by molar-refractivity contribution is 0.436. The molecule has 1 heterocycles. The third-order valence-electron chi connectivity index (χ3n) is 12.4. The molecule has 0 unspecified atom stereocenters. The van der Waals surface area contributed by atoms with Gasteiger partial charge in [0.25, 0.3) is 0 Å². The molecule has 0 amide bonds. The van der Waals surface area contributed by atoms with Crippen molar-refractivity contribution < 1.29 is 4.74 Å². The van der Waals surface area contributed by atoms with E-state index in [9.17, 15) is 0 Å². The third kappa shape index (κ3) is 4.43. The molecule has 262 valence electrons. The van der Waals surface area contributed by atoms with E-state index in [0.29, 0.717) is 0 Å². The Morgan fingerprint density at radius 2 is 0.891 bits per heavy atom. The van der Waals surface area contributed by atoms with Crippen LogP contribution in [0, 0.1) is 6.92 Å². The van der Waals surface area contributed by atoms with Gasteiger partial charge in [0.2, 0.25) is 0 Å². The predicted octanol–water partition coefficient (Wildman–Crippen LogP) is 13.9. The maximum absolute atomic E-state index is 6.68. The van der Waals surface area contributed by atoms with Gasteiger partial charge in [-0.1, -0.05) is 159 Å². The zero-order valence-corrected chi connectivity index (χ0v) is 31.2. The van der Waals surface area contributed by atoms with Crippen molar-refractivity contribution >= 4 is 17.1 Å². The van der Waals surface area contributed by atoms with Gasteiger partial charge in [0.1, 0.15) is 11.5 Å². The Morgan fingerprint density at radius 3 is 1.58 bits per heavy atom. The minimum Gasteiger partial charge on any atom is -0.457 e. The molecular weight excluding hydrogens is 667 g/mol. The molecule has 0 saturated heterocycles. The van der Waals surface area contributed by atoms with Gasteiger partial charge in [-0.2, -0.15) is 0 Å². The molecule has 0 atom stereocenters. The summed E-state index contributed by atoms with van der Waals surface area (Å²) < 4.78 is 6.68. The van der Waals surface area contributed by atoms with Gasteiger partial charge in [-0.3, -0.25) is 0 Å². The van der Waals surface area contributed by atoms with Crippen molar-refractivity contribution in [2.24, 2.45) is 0 Å². The van der Waals surface area contributed by atoms with Crippen LogP contribution in [-0.2, 0) is 10.8 Å². The fourth-order valence-electron chi connectivity index (χ4n) is 9.93. The number of fused-ring (bicyclic) bond motifs is 12. The van der Waals surface area contributed by atoms with Gasteiger partial charge in [0.05, 0.1) is 11.1 Å². The number of ether oxygens (including phenoxy) is 1. The minimum atomic E-state index is -0.565. The molecule has 0 saturated carbocycles. The van der Waals surface area contributed by atoms with Gasteiger partial charge < -0.3 is 9.64 Å². The summed E-state index contributed by atoms with van der Waals surface area (Å²) in [4.78, 5) is 2.49. The van der Waals surface area contributed by atoms with E-state index in [1.54, 1.807) is 0 Å². The van der Waals surface area contributed by atoms with E-state index in [1.807, 2.05) is 0 Å². The summed E-state index contributed by atoms with van der Waals surface area (Å²) in [6.07, 6.45) is 0. The maximum atomic E-state index is 6.68. The molecule has 3 aliphatic rings. The van der Waals surface area contributed by atoms with E-state index in [4.69, 9.17) is 4.74 Å². The SMILES string of the molecule is Cc1ccc2c(c1)C1(c3ccccc3Oc3ccccc31)c1cc(N(c3ccc4c(c3)C(C)(C)c3ccccc3-4)c3ccccc3-c3ccccc3)ccc1-2. The standard InChI is InChI=1S/C53H39NO/c1-34-25-28-41-42-30-27-37(33-48(42)53(47(41)31-34)44-20-10-13-23-50(44)55-51-24-14-11-21-45(51)53)54(49-22-12-8-17-38(49)35-15-5-4-6-16-35)36-26-29-40-39-18-7-9-19-43(39)52(2,3)46(40)32-36/h4-33H,1-3H3. The Morgan fingerprint density at radius 1 is 0.400 bits per heavy atom. The summed E-state index contributed by atoms with van der Waals surface area (Å²) in [7, 11) is 0. The molecule has 11 rings (SSSR count). The Labute approximate surface area is 323 Å². The highest BCUT2D eigenvalue weighted by Crippen LogP contribution is 2.63. The van der Waals surface area contributed by atoms with Crippen molar-refractivity contribution in [2.75, 3.05) is 4.90 Å². The zero-order chi connectivity index (χ0) is 36.9. The molecule has 0 bridgehead atoms. The first-order chi connectivity index (χ1) is 26.9. The van der Waals surface area contributed by atoms with Crippen molar-refractivity contribution in [2.45, 2.75) is 31.6 Å². The Kier molecular flexibility index (Phi) is 6.76. The van der Waals surface area contributed by atoms with Crippen molar-refractivity contribution in [1.82, 2.24) is 0 Å². The molecule has 8 aromatic carbocycles. The second kappa shape index (κ2) is 11.7. The van der Waals surface area contributed by atoms with Crippen LogP contribution >= 0.6 is 0 Å². The Bertz CT molecular complexity index is 2800. The molecule has 2 aliphatic carbocycles. The average molecular weight is 706 g/mol. The van der Waals surface area contributed by atoms with E-state index >= 15 is 0 Å². The third-order valence-corrected chi connectivity index (χ3v) is 12.4. The average Bonchev–Trinajstić information content (AvgIpc) is 3.63. The van der Waals surface area contributed by atoms with E-state index < -0.39 is 5.41 Å². The monoisotopic (exact) mass is 705 g/mol. The summed E-state index contributed by atoms with van der Waals surface area (Å²) in [5.41, 5.74) is 19.1. The normalized spacial score (nSPS) is 14.5. The van der Waals surface area contributed by atoms with Crippen molar-refractivity contribution in [3.63, 3.8) is 0 Å². The first-order valence-corrected chi connectivity index (χ1v) is 19.3. The topological polar surface area (TPSA) is 12.5 Å². The molecule has 8 aromatic rings. The van der Waals surface area contributed by atoms with E-state index in [1.165, 1.54) is 72.3 Å². The van der Waals surface area contributed by atoms with Crippen LogP contribution in [0.25, 0.3) is 33.4 Å². The fourth-order valence-corrected chi connectivity index (χ4v) is 9.93. The van der Waals surface area contributed by atoms with Crippen LogP contribution in [0.2, 0.25) is 0 Å². The van der Waals surface area contributed by atoms with Crippen LogP contribution in [-0.4, -0.2) is 0 Å². The quantitative estimate of drug-likeness (QED) is 0.181. The van der Waals surface area contributed by atoms with Gasteiger partial charge in [-0.05, 0) is 99.5 Å². The van der Waals surface area contributed by atoms with Crippen LogP contribution in [0.4, 0.5) is 17.1 Å². The van der Waals surface area contributed by atoms with E-state index in [-0.39, 0.29) is 5.41 Å². The van der Waals surface area contributed by atoms with Crippen LogP contribution in [0.3, 0.4) is 0 Å². The summed E-state index contributed by atoms with van der Waals surface area (Å²) in [5, 5.41) is 0. The molecule has 2 nitrogen and oxygen atoms in total. The lowest BCUT2D eigenvalue weighted by Crippen LogP contribution is -2.32. The van der Waals surface area contributed by atoms with Gasteiger partial charge in [-0.15, -0.1) is 0 Å². The highest BCUT2D eigenvalue weighted by Gasteiger charge is 2.51.